The highest BCUT2D eigenvalue weighted by molar-refractivity contribution is 7.70. The predicted molar refractivity (Wildman–Crippen MR) is 187 cm³/mol. The molecule has 2 fully saturated rings. The molecule has 2 aliphatic rings. The van der Waals surface area contributed by atoms with Gasteiger partial charge >= 0.3 is 6.09 Å². The van der Waals surface area contributed by atoms with Gasteiger partial charge in [-0.1, -0.05) is 23.7 Å². The number of halogens is 1. The van der Waals surface area contributed by atoms with Crippen LogP contribution < -0.4 is 20.8 Å². The van der Waals surface area contributed by atoms with Gasteiger partial charge in [0, 0.05) is 62.4 Å². The van der Waals surface area contributed by atoms with E-state index in [0.717, 1.165) is 25.9 Å². The molecule has 0 radical (unpaired) electrons. The number of aromatic nitrogens is 2. The lowest BCUT2D eigenvalue weighted by atomic mass is 10.0. The summed E-state index contributed by atoms with van der Waals surface area (Å²) in [4.78, 5) is 39.2. The molecule has 2 N–H and O–H groups in total. The first kappa shape index (κ1) is 34.4. The number of carbonyl (C=O) groups excluding carboxylic acids is 1. The van der Waals surface area contributed by atoms with E-state index in [1.807, 2.05) is 32.9 Å². The minimum Gasteiger partial charge on any atom is -0.444 e. The van der Waals surface area contributed by atoms with E-state index in [1.54, 1.807) is 42.5 Å². The molecule has 0 aliphatic carbocycles. The molecule has 3 heterocycles. The van der Waals surface area contributed by atoms with Gasteiger partial charge in [0.05, 0.1) is 16.8 Å². The fourth-order valence-electron chi connectivity index (χ4n) is 5.90. The molecule has 0 saturated carbocycles. The molecule has 1 amide bonds. The highest BCUT2D eigenvalue weighted by Gasteiger charge is 2.32. The fourth-order valence-corrected chi connectivity index (χ4v) is 7.20. The molecule has 3 aromatic rings. The van der Waals surface area contributed by atoms with Gasteiger partial charge in [-0.2, -0.15) is 4.98 Å². The Morgan fingerprint density at radius 2 is 1.72 bits per heavy atom. The zero-order valence-electron chi connectivity index (χ0n) is 27.4. The van der Waals surface area contributed by atoms with Crippen LogP contribution in [0.2, 0.25) is 5.02 Å². The number of benzene rings is 2. The largest absolute Gasteiger partial charge is 0.444 e. The summed E-state index contributed by atoms with van der Waals surface area (Å²) < 4.78 is 18.3. The van der Waals surface area contributed by atoms with Crippen LogP contribution in [0.15, 0.2) is 48.7 Å². The zero-order chi connectivity index (χ0) is 33.9. The Morgan fingerprint density at radius 1 is 1.04 bits per heavy atom. The minimum absolute atomic E-state index is 0.0118. The molecule has 2 aromatic carbocycles. The van der Waals surface area contributed by atoms with Crippen molar-refractivity contribution in [3.05, 3.63) is 63.8 Å². The summed E-state index contributed by atoms with van der Waals surface area (Å²) in [5.74, 6) is 0.505. The zero-order valence-corrected chi connectivity index (χ0v) is 29.1. The van der Waals surface area contributed by atoms with Crippen molar-refractivity contribution < 1.29 is 19.0 Å². The molecule has 47 heavy (non-hydrogen) atoms. The van der Waals surface area contributed by atoms with Gasteiger partial charge in [0.2, 0.25) is 5.95 Å². The monoisotopic (exact) mass is 684 g/mol. The van der Waals surface area contributed by atoms with Crippen molar-refractivity contribution in [3.8, 4) is 0 Å². The maximum Gasteiger partial charge on any atom is 0.410 e. The molecular weight excluding hydrogens is 643 g/mol. The number of hydrogen-bond acceptors (Lipinski definition) is 11. The van der Waals surface area contributed by atoms with E-state index < -0.39 is 12.7 Å². The summed E-state index contributed by atoms with van der Waals surface area (Å²) in [6.07, 6.45) is 2.90. The van der Waals surface area contributed by atoms with Crippen LogP contribution in [-0.2, 0) is 9.30 Å². The van der Waals surface area contributed by atoms with E-state index in [4.69, 9.17) is 16.3 Å². The quantitative estimate of drug-likeness (QED) is 0.157. The van der Waals surface area contributed by atoms with Crippen molar-refractivity contribution in [3.63, 3.8) is 0 Å². The number of nitro groups is 1. The number of nitrogens with one attached hydrogen (secondary N) is 2. The van der Waals surface area contributed by atoms with E-state index in [9.17, 15) is 19.5 Å². The Balaban J connectivity index is 1.22. The maximum absolute atomic E-state index is 12.8. The van der Waals surface area contributed by atoms with Crippen molar-refractivity contribution in [2.45, 2.75) is 45.3 Å². The van der Waals surface area contributed by atoms with Crippen molar-refractivity contribution in [2.24, 2.45) is 0 Å². The Hall–Kier alpha value is -3.93. The van der Waals surface area contributed by atoms with Gasteiger partial charge in [0.15, 0.2) is 5.82 Å². The molecule has 2 aliphatic heterocycles. The van der Waals surface area contributed by atoms with Crippen LogP contribution in [-0.4, -0.2) is 95.0 Å². The van der Waals surface area contributed by atoms with Crippen LogP contribution in [0.4, 0.5) is 39.3 Å². The molecule has 252 valence electrons. The third kappa shape index (κ3) is 8.71. The van der Waals surface area contributed by atoms with Crippen molar-refractivity contribution >= 4 is 64.7 Å². The van der Waals surface area contributed by atoms with Crippen LogP contribution in [0, 0.1) is 10.1 Å². The molecular formula is C32H42ClN8O5P. The lowest BCUT2D eigenvalue weighted by Gasteiger charge is -2.43. The van der Waals surface area contributed by atoms with Crippen LogP contribution in [0.25, 0.3) is 0 Å². The summed E-state index contributed by atoms with van der Waals surface area (Å²) in [6, 6.07) is 12.6. The van der Waals surface area contributed by atoms with Crippen LogP contribution >= 0.6 is 18.7 Å². The molecule has 0 unspecified atom stereocenters. The number of amides is 1. The molecule has 0 spiro atoms. The summed E-state index contributed by atoms with van der Waals surface area (Å²) >= 11 is 6.39. The number of nitrogens with zero attached hydrogens (tertiary/aromatic N) is 6. The van der Waals surface area contributed by atoms with Gasteiger partial charge in [0.1, 0.15) is 23.5 Å². The van der Waals surface area contributed by atoms with Crippen LogP contribution in [0.1, 0.15) is 33.6 Å². The number of nitro benzene ring substituents is 1. The first-order valence-corrected chi connectivity index (χ1v) is 18.6. The molecule has 15 heteroatoms. The molecule has 0 atom stereocenters. The van der Waals surface area contributed by atoms with Gasteiger partial charge in [0.25, 0.3) is 5.69 Å². The second-order valence-electron chi connectivity index (χ2n) is 13.2. The SMILES string of the molecule is CC(C)(C)OC(=O)N1CCN(C2CCN(c3ccc(Nc4ncc(Cl)c(Nc5ccccc5P(C)(C)=O)n4)cc3[N+](=O)[O-])CC2)CC1. The number of piperazine rings is 1. The molecule has 2 saturated heterocycles. The summed E-state index contributed by atoms with van der Waals surface area (Å²) in [7, 11) is -2.58. The standard InChI is InChI=1S/C32H42ClN8O5P/c1-32(2,3)46-31(42)40-18-16-38(17-19-40)23-12-14-39(15-13-23)26-11-10-22(20-27(26)41(43)44)35-30-34-21-24(33)29(37-30)36-25-8-6-7-9-28(25)47(4,5)45/h6-11,20-21,23H,12-19H2,1-5H3,(H2,34,35,36,37). The highest BCUT2D eigenvalue weighted by Crippen LogP contribution is 2.39. The third-order valence-electron chi connectivity index (χ3n) is 8.20. The molecule has 0 bridgehead atoms. The van der Waals surface area contributed by atoms with Gasteiger partial charge in [-0.25, -0.2) is 9.78 Å². The van der Waals surface area contributed by atoms with Gasteiger partial charge in [-0.05, 0) is 71.2 Å². The number of anilines is 5. The fraction of sp³-hybridized carbons (Fsp3) is 0.469. The van der Waals surface area contributed by atoms with Crippen LogP contribution in [0.5, 0.6) is 0 Å². The first-order chi connectivity index (χ1) is 22.2. The number of hydrogen-bond donors (Lipinski definition) is 2. The van der Waals surface area contributed by atoms with E-state index in [-0.39, 0.29) is 27.7 Å². The Kier molecular flexibility index (Phi) is 10.3. The molecule has 5 rings (SSSR count). The Morgan fingerprint density at radius 3 is 2.36 bits per heavy atom. The number of rotatable bonds is 8. The normalized spacial score (nSPS) is 16.6. The van der Waals surface area contributed by atoms with Crippen molar-refractivity contribution in [2.75, 3.05) is 68.1 Å². The van der Waals surface area contributed by atoms with E-state index in [2.05, 4.69) is 30.4 Å². The average Bonchev–Trinajstić information content (AvgIpc) is 3.02. The molecule has 1 aromatic heterocycles. The molecule has 13 nitrogen and oxygen atoms in total. The lowest BCUT2D eigenvalue weighted by molar-refractivity contribution is -0.384. The van der Waals surface area contributed by atoms with Crippen molar-refractivity contribution in [1.82, 2.24) is 19.8 Å². The Labute approximate surface area is 280 Å². The van der Waals surface area contributed by atoms with Gasteiger partial charge in [-0.3, -0.25) is 15.0 Å². The van der Waals surface area contributed by atoms with E-state index >= 15 is 0 Å². The number of ether oxygens (including phenoxy) is 1. The average molecular weight is 685 g/mol. The van der Waals surface area contributed by atoms with Crippen LogP contribution in [0.3, 0.4) is 0 Å². The highest BCUT2D eigenvalue weighted by atomic mass is 35.5. The summed E-state index contributed by atoms with van der Waals surface area (Å²) in [6.45, 7) is 13.2. The predicted octanol–water partition coefficient (Wildman–Crippen LogP) is 6.29. The second-order valence-corrected chi connectivity index (χ2v) is 16.8. The summed E-state index contributed by atoms with van der Waals surface area (Å²) in [5, 5.41) is 19.3. The lowest BCUT2D eigenvalue weighted by Crippen LogP contribution is -2.55. The number of piperidine rings is 1. The smallest absolute Gasteiger partial charge is 0.410 e. The second kappa shape index (κ2) is 14.0. The van der Waals surface area contributed by atoms with Gasteiger partial charge < -0.3 is 29.7 Å². The Bertz CT molecular complexity index is 1660. The first-order valence-electron chi connectivity index (χ1n) is 15.6. The topological polar surface area (TPSA) is 146 Å². The van der Waals surface area contributed by atoms with Gasteiger partial charge in [-0.15, -0.1) is 0 Å². The number of para-hydroxylation sites is 1. The van der Waals surface area contributed by atoms with Crippen molar-refractivity contribution in [1.29, 1.82) is 0 Å². The number of carbonyl (C=O) groups is 1. The summed E-state index contributed by atoms with van der Waals surface area (Å²) in [5.41, 5.74) is 1.11. The van der Waals surface area contributed by atoms with E-state index in [0.29, 0.717) is 60.4 Å². The third-order valence-corrected chi connectivity index (χ3v) is 10.0. The maximum atomic E-state index is 12.8. The van der Waals surface area contributed by atoms with E-state index in [1.165, 1.54) is 12.3 Å². The minimum atomic E-state index is -2.58.